The minimum absolute atomic E-state index is 0.465. The van der Waals surface area contributed by atoms with Crippen molar-refractivity contribution in [2.45, 2.75) is 32.7 Å². The predicted octanol–water partition coefficient (Wildman–Crippen LogP) is 3.56. The molecule has 0 atom stereocenters. The van der Waals surface area contributed by atoms with Gasteiger partial charge in [0.05, 0.1) is 13.6 Å². The Morgan fingerprint density at radius 2 is 1.60 bits per heavy atom. The fourth-order valence-electron chi connectivity index (χ4n) is 1.53. The molecule has 0 amide bonds. The molecule has 0 spiro atoms. The molecule has 0 saturated heterocycles. The lowest BCUT2D eigenvalue weighted by Gasteiger charge is -2.22. The van der Waals surface area contributed by atoms with Crippen LogP contribution in [0.1, 0.15) is 11.1 Å². The van der Waals surface area contributed by atoms with E-state index in [1.165, 1.54) is 12.1 Å². The first-order valence-corrected chi connectivity index (χ1v) is 8.30. The van der Waals surface area contributed by atoms with Gasteiger partial charge in [-0.15, -0.1) is 0 Å². The summed E-state index contributed by atoms with van der Waals surface area (Å²) in [6.07, 6.45) is -4.23. The molecule has 0 aliphatic heterocycles. The third kappa shape index (κ3) is 2.84. The molecule has 0 bridgehead atoms. The normalized spacial score (nSPS) is 13.0. The summed E-state index contributed by atoms with van der Waals surface area (Å²) >= 11 is 0. The molecule has 84 valence electrons. The van der Waals surface area contributed by atoms with Gasteiger partial charge < -0.3 is 0 Å². The van der Waals surface area contributed by atoms with Crippen LogP contribution < -0.4 is 5.19 Å². The highest BCUT2D eigenvalue weighted by Gasteiger charge is 2.36. The van der Waals surface area contributed by atoms with E-state index in [1.54, 1.807) is 6.07 Å². The van der Waals surface area contributed by atoms with Gasteiger partial charge in [-0.3, -0.25) is 0 Å². The lowest BCUT2D eigenvalue weighted by molar-refractivity contribution is -0.136. The van der Waals surface area contributed by atoms with E-state index < -0.39 is 19.8 Å². The molecule has 1 aromatic rings. The maximum Gasteiger partial charge on any atom is 0.416 e. The number of hydrogen-bond acceptors (Lipinski definition) is 0. The van der Waals surface area contributed by atoms with E-state index in [2.05, 4.69) is 0 Å². The van der Waals surface area contributed by atoms with Crippen molar-refractivity contribution < 1.29 is 13.2 Å². The first-order chi connectivity index (χ1) is 6.62. The van der Waals surface area contributed by atoms with E-state index in [9.17, 15) is 13.2 Å². The Balaban J connectivity index is 3.41. The number of aryl methyl sites for hydroxylation is 1. The fraction of sp³-hybridized carbons (Fsp3) is 0.455. The molecule has 0 heterocycles. The zero-order valence-electron chi connectivity index (χ0n) is 9.37. The van der Waals surface area contributed by atoms with Crippen LogP contribution in [0.15, 0.2) is 18.2 Å². The Kier molecular flexibility index (Phi) is 3.00. The van der Waals surface area contributed by atoms with Crippen LogP contribution in [0.2, 0.25) is 19.6 Å². The number of hydrogen-bond donors (Lipinski definition) is 0. The second kappa shape index (κ2) is 3.67. The SMILES string of the molecule is Cc1ccc(C(F)(F)F)c([Si](C)(C)C)c1. The number of rotatable bonds is 1. The molecule has 0 unspecified atom stereocenters. The van der Waals surface area contributed by atoms with Gasteiger partial charge in [0.1, 0.15) is 0 Å². The van der Waals surface area contributed by atoms with Crippen molar-refractivity contribution >= 4 is 13.3 Å². The van der Waals surface area contributed by atoms with Crippen molar-refractivity contribution in [2.24, 2.45) is 0 Å². The van der Waals surface area contributed by atoms with Crippen LogP contribution in [-0.4, -0.2) is 8.07 Å². The van der Waals surface area contributed by atoms with Crippen molar-refractivity contribution in [1.82, 2.24) is 0 Å². The Hall–Kier alpha value is -0.773. The summed E-state index contributed by atoms with van der Waals surface area (Å²) in [5.41, 5.74) is 0.424. The van der Waals surface area contributed by atoms with Gasteiger partial charge in [-0.25, -0.2) is 0 Å². The van der Waals surface area contributed by atoms with Gasteiger partial charge in [-0.2, -0.15) is 13.2 Å². The minimum Gasteiger partial charge on any atom is -0.166 e. The minimum atomic E-state index is -4.23. The predicted molar refractivity (Wildman–Crippen MR) is 59.2 cm³/mol. The second-order valence-corrected chi connectivity index (χ2v) is 9.84. The average molecular weight is 232 g/mol. The molecule has 0 aliphatic carbocycles. The van der Waals surface area contributed by atoms with Gasteiger partial charge in [0, 0.05) is 0 Å². The van der Waals surface area contributed by atoms with Crippen LogP contribution in [0, 0.1) is 6.92 Å². The van der Waals surface area contributed by atoms with Crippen LogP contribution in [0.5, 0.6) is 0 Å². The van der Waals surface area contributed by atoms with E-state index in [4.69, 9.17) is 0 Å². The van der Waals surface area contributed by atoms with Crippen molar-refractivity contribution in [2.75, 3.05) is 0 Å². The van der Waals surface area contributed by atoms with Gasteiger partial charge in [0.15, 0.2) is 0 Å². The molecule has 0 nitrogen and oxygen atoms in total. The van der Waals surface area contributed by atoms with Crippen LogP contribution in [0.25, 0.3) is 0 Å². The molecule has 0 fully saturated rings. The van der Waals surface area contributed by atoms with E-state index in [-0.39, 0.29) is 0 Å². The van der Waals surface area contributed by atoms with Gasteiger partial charge in [-0.1, -0.05) is 37.3 Å². The highest BCUT2D eigenvalue weighted by Crippen LogP contribution is 2.29. The summed E-state index contributed by atoms with van der Waals surface area (Å²) in [6.45, 7) is 7.61. The molecule has 0 saturated carbocycles. The van der Waals surface area contributed by atoms with Crippen LogP contribution >= 0.6 is 0 Å². The summed E-state index contributed by atoms with van der Waals surface area (Å²) in [4.78, 5) is 0. The maximum absolute atomic E-state index is 12.7. The largest absolute Gasteiger partial charge is 0.416 e. The van der Waals surface area contributed by atoms with Crippen LogP contribution in [0.3, 0.4) is 0 Å². The summed E-state index contributed by atoms with van der Waals surface area (Å²) < 4.78 is 38.2. The molecule has 15 heavy (non-hydrogen) atoms. The highest BCUT2D eigenvalue weighted by molar-refractivity contribution is 6.89. The number of benzene rings is 1. The third-order valence-corrected chi connectivity index (χ3v) is 4.32. The quantitative estimate of drug-likeness (QED) is 0.649. The lowest BCUT2D eigenvalue weighted by Crippen LogP contribution is -2.42. The average Bonchev–Trinajstić information content (AvgIpc) is 2.00. The summed E-state index contributed by atoms with van der Waals surface area (Å²) in [6, 6.07) is 4.39. The van der Waals surface area contributed by atoms with E-state index >= 15 is 0 Å². The van der Waals surface area contributed by atoms with E-state index in [0.29, 0.717) is 5.19 Å². The highest BCUT2D eigenvalue weighted by atomic mass is 28.3. The third-order valence-electron chi connectivity index (χ3n) is 2.29. The van der Waals surface area contributed by atoms with Crippen LogP contribution in [0.4, 0.5) is 13.2 Å². The topological polar surface area (TPSA) is 0 Å². The van der Waals surface area contributed by atoms with E-state index in [0.717, 1.165) is 5.56 Å². The molecule has 1 aromatic carbocycles. The van der Waals surface area contributed by atoms with Gasteiger partial charge >= 0.3 is 6.18 Å². The van der Waals surface area contributed by atoms with Crippen molar-refractivity contribution in [3.63, 3.8) is 0 Å². The number of alkyl halides is 3. The first-order valence-electron chi connectivity index (χ1n) is 4.80. The lowest BCUT2D eigenvalue weighted by atomic mass is 10.1. The molecule has 0 radical (unpaired) electrons. The smallest absolute Gasteiger partial charge is 0.166 e. The molecular formula is C11H15F3Si. The zero-order valence-corrected chi connectivity index (χ0v) is 10.4. The molecule has 0 N–H and O–H groups in total. The van der Waals surface area contributed by atoms with Crippen molar-refractivity contribution in [3.8, 4) is 0 Å². The molecule has 1 rings (SSSR count). The molecular weight excluding hydrogens is 217 g/mol. The maximum atomic E-state index is 12.7. The Labute approximate surface area is 89.1 Å². The van der Waals surface area contributed by atoms with E-state index in [1.807, 2.05) is 26.6 Å². The van der Waals surface area contributed by atoms with Gasteiger partial charge in [0.25, 0.3) is 0 Å². The monoisotopic (exact) mass is 232 g/mol. The Morgan fingerprint density at radius 1 is 1.07 bits per heavy atom. The molecule has 0 aromatic heterocycles. The zero-order chi connectivity index (χ0) is 11.9. The Morgan fingerprint density at radius 3 is 2.00 bits per heavy atom. The Bertz CT molecular complexity index is 361. The summed E-state index contributed by atoms with van der Waals surface area (Å²) in [5.74, 6) is 0. The summed E-state index contributed by atoms with van der Waals surface area (Å²) in [7, 11) is -1.94. The number of halogens is 3. The fourth-order valence-corrected chi connectivity index (χ4v) is 3.22. The first kappa shape index (κ1) is 12.3. The van der Waals surface area contributed by atoms with Gasteiger partial charge in [-0.05, 0) is 18.2 Å². The molecule has 0 aliphatic rings. The standard InChI is InChI=1S/C11H15F3Si/c1-8-5-6-9(11(12,13)14)10(7-8)15(2,3)4/h5-7H,1-4H3. The second-order valence-electron chi connectivity index (χ2n) is 4.80. The van der Waals surface area contributed by atoms with Crippen LogP contribution in [-0.2, 0) is 6.18 Å². The van der Waals surface area contributed by atoms with Crippen molar-refractivity contribution in [3.05, 3.63) is 29.3 Å². The van der Waals surface area contributed by atoms with Gasteiger partial charge in [0.2, 0.25) is 0 Å². The summed E-state index contributed by atoms with van der Waals surface area (Å²) in [5, 5.41) is 0.495. The molecule has 4 heteroatoms. The van der Waals surface area contributed by atoms with Crippen molar-refractivity contribution in [1.29, 1.82) is 0 Å².